The van der Waals surface area contributed by atoms with Crippen LogP contribution in [0.5, 0.6) is 5.75 Å². The molecule has 7 heteroatoms. The van der Waals surface area contributed by atoms with Gasteiger partial charge < -0.3 is 15.4 Å². The van der Waals surface area contributed by atoms with Crippen LogP contribution in [0.15, 0.2) is 36.4 Å². The number of ether oxygens (including phenoxy) is 1. The van der Waals surface area contributed by atoms with Gasteiger partial charge in [0.2, 0.25) is 0 Å². The van der Waals surface area contributed by atoms with Crippen LogP contribution in [0.2, 0.25) is 15.1 Å². The van der Waals surface area contributed by atoms with E-state index in [2.05, 4.69) is 15.5 Å². The summed E-state index contributed by atoms with van der Waals surface area (Å²) < 4.78 is 6.00. The van der Waals surface area contributed by atoms with Gasteiger partial charge in [0.25, 0.3) is 0 Å². The molecule has 1 heterocycles. The lowest BCUT2D eigenvalue weighted by molar-refractivity contribution is 0.240. The third-order valence-corrected chi connectivity index (χ3v) is 5.53. The number of nitrogens with zero attached hydrogens (tertiary/aromatic N) is 1. The van der Waals surface area contributed by atoms with E-state index in [0.29, 0.717) is 28.2 Å². The largest absolute Gasteiger partial charge is 0.488 e. The smallest absolute Gasteiger partial charge is 0.124 e. The fourth-order valence-electron chi connectivity index (χ4n) is 3.04. The molecule has 1 aliphatic rings. The molecule has 3 rings (SSSR count). The molecule has 27 heavy (non-hydrogen) atoms. The molecule has 2 N–H and O–H groups in total. The first-order chi connectivity index (χ1) is 13.1. The van der Waals surface area contributed by atoms with E-state index in [1.165, 1.54) is 0 Å². The van der Waals surface area contributed by atoms with Crippen LogP contribution in [0.1, 0.15) is 11.1 Å². The van der Waals surface area contributed by atoms with Crippen molar-refractivity contribution in [2.45, 2.75) is 13.2 Å². The van der Waals surface area contributed by atoms with Gasteiger partial charge in [-0.25, -0.2) is 0 Å². The van der Waals surface area contributed by atoms with Crippen molar-refractivity contribution in [3.63, 3.8) is 0 Å². The zero-order chi connectivity index (χ0) is 19.1. The van der Waals surface area contributed by atoms with Crippen LogP contribution in [0.3, 0.4) is 0 Å². The molecular weight excluding hydrogens is 405 g/mol. The third kappa shape index (κ3) is 6.24. The van der Waals surface area contributed by atoms with Gasteiger partial charge in [-0.1, -0.05) is 40.9 Å². The summed E-state index contributed by atoms with van der Waals surface area (Å²) in [4.78, 5) is 2.46. The fourth-order valence-corrected chi connectivity index (χ4v) is 3.74. The standard InChI is InChI=1S/C20H24Cl3N3O/c21-16-4-5-20(27-14-17-18(22)2-1-3-19(17)23)15(12-16)13-25-8-11-26-9-6-24-7-10-26/h1-5,12,24-25H,6-11,13-14H2. The monoisotopic (exact) mass is 427 g/mol. The second kappa shape index (κ2) is 10.5. The van der Waals surface area contributed by atoms with E-state index in [1.807, 2.05) is 36.4 Å². The molecule has 2 aromatic carbocycles. The van der Waals surface area contributed by atoms with Crippen LogP contribution in [0.25, 0.3) is 0 Å². The maximum atomic E-state index is 6.23. The molecule has 1 saturated heterocycles. The number of benzene rings is 2. The number of rotatable bonds is 8. The van der Waals surface area contributed by atoms with Gasteiger partial charge in [0.1, 0.15) is 12.4 Å². The van der Waals surface area contributed by atoms with E-state index >= 15 is 0 Å². The maximum Gasteiger partial charge on any atom is 0.124 e. The van der Waals surface area contributed by atoms with Gasteiger partial charge in [-0.05, 0) is 30.3 Å². The molecule has 4 nitrogen and oxygen atoms in total. The predicted molar refractivity (Wildman–Crippen MR) is 113 cm³/mol. The van der Waals surface area contributed by atoms with Gasteiger partial charge in [0.15, 0.2) is 0 Å². The molecule has 0 aliphatic carbocycles. The predicted octanol–water partition coefficient (Wildman–Crippen LogP) is 4.22. The molecule has 0 aromatic heterocycles. The number of hydrogen-bond acceptors (Lipinski definition) is 4. The number of nitrogens with one attached hydrogen (secondary N) is 2. The summed E-state index contributed by atoms with van der Waals surface area (Å²) in [6.45, 7) is 7.30. The summed E-state index contributed by atoms with van der Waals surface area (Å²) in [5.74, 6) is 0.782. The SMILES string of the molecule is Clc1ccc(OCc2c(Cl)cccc2Cl)c(CNCCN2CCNCC2)c1. The fraction of sp³-hybridized carbons (Fsp3) is 0.400. The van der Waals surface area contributed by atoms with Crippen molar-refractivity contribution in [3.05, 3.63) is 62.6 Å². The Balaban J connectivity index is 1.56. The lowest BCUT2D eigenvalue weighted by Gasteiger charge is -2.27. The van der Waals surface area contributed by atoms with Gasteiger partial charge in [-0.15, -0.1) is 0 Å². The lowest BCUT2D eigenvalue weighted by Crippen LogP contribution is -2.45. The first-order valence-corrected chi connectivity index (χ1v) is 10.2. The van der Waals surface area contributed by atoms with Crippen molar-refractivity contribution in [2.24, 2.45) is 0 Å². The lowest BCUT2D eigenvalue weighted by atomic mass is 10.2. The highest BCUT2D eigenvalue weighted by Gasteiger charge is 2.11. The zero-order valence-corrected chi connectivity index (χ0v) is 17.4. The van der Waals surface area contributed by atoms with Gasteiger partial charge >= 0.3 is 0 Å². The van der Waals surface area contributed by atoms with Gasteiger partial charge in [-0.2, -0.15) is 0 Å². The molecule has 0 spiro atoms. The molecule has 0 amide bonds. The molecule has 0 atom stereocenters. The summed E-state index contributed by atoms with van der Waals surface area (Å²) in [5, 5.41) is 8.75. The minimum absolute atomic E-state index is 0.313. The second-order valence-electron chi connectivity index (χ2n) is 6.51. The second-order valence-corrected chi connectivity index (χ2v) is 7.76. The Hall–Kier alpha value is -1.01. The quantitative estimate of drug-likeness (QED) is 0.617. The number of piperazine rings is 1. The highest BCUT2D eigenvalue weighted by molar-refractivity contribution is 6.36. The molecule has 0 bridgehead atoms. The Morgan fingerprint density at radius 2 is 1.78 bits per heavy atom. The van der Waals surface area contributed by atoms with E-state index in [-0.39, 0.29) is 0 Å². The number of halogens is 3. The minimum atomic E-state index is 0.313. The molecule has 0 unspecified atom stereocenters. The topological polar surface area (TPSA) is 36.5 Å². The maximum absolute atomic E-state index is 6.23. The zero-order valence-electron chi connectivity index (χ0n) is 15.1. The van der Waals surface area contributed by atoms with Crippen LogP contribution >= 0.6 is 34.8 Å². The Bertz CT molecular complexity index is 731. The Labute approximate surface area is 175 Å². The van der Waals surface area contributed by atoms with Crippen molar-refractivity contribution < 1.29 is 4.74 Å². The van der Waals surface area contributed by atoms with Crippen LogP contribution < -0.4 is 15.4 Å². The normalized spacial score (nSPS) is 15.1. The minimum Gasteiger partial charge on any atom is -0.488 e. The van der Waals surface area contributed by atoms with Crippen LogP contribution in [-0.2, 0) is 13.2 Å². The summed E-state index contributed by atoms with van der Waals surface area (Å²) in [6.07, 6.45) is 0. The van der Waals surface area contributed by atoms with E-state index in [0.717, 1.165) is 56.1 Å². The van der Waals surface area contributed by atoms with E-state index in [4.69, 9.17) is 39.5 Å². The van der Waals surface area contributed by atoms with Gasteiger partial charge in [-0.3, -0.25) is 4.90 Å². The van der Waals surface area contributed by atoms with Gasteiger partial charge in [0, 0.05) is 72.0 Å². The highest BCUT2D eigenvalue weighted by atomic mass is 35.5. The van der Waals surface area contributed by atoms with Crippen molar-refractivity contribution in [3.8, 4) is 5.75 Å². The van der Waals surface area contributed by atoms with Crippen LogP contribution in [-0.4, -0.2) is 44.2 Å². The first kappa shape index (κ1) is 20.7. The average molecular weight is 429 g/mol. The summed E-state index contributed by atoms with van der Waals surface area (Å²) >= 11 is 18.6. The first-order valence-electron chi connectivity index (χ1n) is 9.11. The molecule has 2 aromatic rings. The van der Waals surface area contributed by atoms with Crippen molar-refractivity contribution in [1.29, 1.82) is 0 Å². The van der Waals surface area contributed by atoms with Crippen LogP contribution in [0, 0.1) is 0 Å². The van der Waals surface area contributed by atoms with Crippen molar-refractivity contribution >= 4 is 34.8 Å². The number of hydrogen-bond donors (Lipinski definition) is 2. The Kier molecular flexibility index (Phi) is 8.07. The van der Waals surface area contributed by atoms with E-state index < -0.39 is 0 Å². The summed E-state index contributed by atoms with van der Waals surface area (Å²) in [5.41, 5.74) is 1.80. The molecule has 0 radical (unpaired) electrons. The third-order valence-electron chi connectivity index (χ3n) is 4.59. The van der Waals surface area contributed by atoms with Crippen molar-refractivity contribution in [1.82, 2.24) is 15.5 Å². The molecule has 146 valence electrons. The summed E-state index contributed by atoms with van der Waals surface area (Å²) in [6, 6.07) is 11.1. The van der Waals surface area contributed by atoms with E-state index in [1.54, 1.807) is 0 Å². The molecule has 1 fully saturated rings. The molecule has 1 aliphatic heterocycles. The average Bonchev–Trinajstić information content (AvgIpc) is 2.67. The molecular formula is C20H24Cl3N3O. The van der Waals surface area contributed by atoms with Gasteiger partial charge in [0.05, 0.1) is 0 Å². The van der Waals surface area contributed by atoms with E-state index in [9.17, 15) is 0 Å². The Morgan fingerprint density at radius 1 is 1.04 bits per heavy atom. The highest BCUT2D eigenvalue weighted by Crippen LogP contribution is 2.28. The Morgan fingerprint density at radius 3 is 2.52 bits per heavy atom. The molecule has 0 saturated carbocycles. The summed E-state index contributed by atoms with van der Waals surface area (Å²) in [7, 11) is 0. The van der Waals surface area contributed by atoms with Crippen molar-refractivity contribution in [2.75, 3.05) is 39.3 Å². The van der Waals surface area contributed by atoms with Crippen LogP contribution in [0.4, 0.5) is 0 Å².